The Morgan fingerprint density at radius 3 is 2.22 bits per heavy atom. The molecular weight excluding hydrogens is 493 g/mol. The fourth-order valence-electron chi connectivity index (χ4n) is 3.96. The van der Waals surface area contributed by atoms with Gasteiger partial charge in [0.1, 0.15) is 11.6 Å². The Hall–Kier alpha value is -3.28. The number of hydrogen-bond donors (Lipinski definition) is 3. The Kier molecular flexibility index (Phi) is 7.67. The molecule has 1 saturated heterocycles. The highest BCUT2D eigenvalue weighted by Gasteiger charge is 2.22. The summed E-state index contributed by atoms with van der Waals surface area (Å²) in [5.74, 6) is 0.569. The van der Waals surface area contributed by atoms with Crippen LogP contribution in [0.1, 0.15) is 26.3 Å². The molecule has 2 aromatic carbocycles. The first-order chi connectivity index (χ1) is 17.4. The van der Waals surface area contributed by atoms with Crippen molar-refractivity contribution < 1.29 is 12.8 Å². The van der Waals surface area contributed by atoms with Crippen LogP contribution in [-0.2, 0) is 10.0 Å². The van der Waals surface area contributed by atoms with Crippen LogP contribution in [0.15, 0.2) is 53.6 Å². The van der Waals surface area contributed by atoms with Gasteiger partial charge in [0.15, 0.2) is 0 Å². The Labute approximate surface area is 218 Å². The van der Waals surface area contributed by atoms with Gasteiger partial charge in [-0.1, -0.05) is 0 Å². The number of sulfonamides is 1. The van der Waals surface area contributed by atoms with Crippen LogP contribution in [0, 0.1) is 12.7 Å². The minimum atomic E-state index is -3.62. The number of likely N-dealkylation sites (N-methyl/N-ethyl adjacent to an activating group) is 1. The topological polar surface area (TPSA) is 102 Å². The van der Waals surface area contributed by atoms with Gasteiger partial charge in [-0.05, 0) is 77.2 Å². The van der Waals surface area contributed by atoms with Gasteiger partial charge in [-0.3, -0.25) is 0 Å². The minimum Gasteiger partial charge on any atom is -0.367 e. The Morgan fingerprint density at radius 2 is 1.59 bits per heavy atom. The number of halogens is 1. The number of nitrogens with zero attached hydrogens (tertiary/aromatic N) is 4. The highest BCUT2D eigenvalue weighted by Crippen LogP contribution is 2.26. The van der Waals surface area contributed by atoms with E-state index in [0.717, 1.165) is 31.7 Å². The molecule has 0 saturated carbocycles. The lowest BCUT2D eigenvalue weighted by Gasteiger charge is -2.34. The molecule has 0 atom stereocenters. The van der Waals surface area contributed by atoms with Gasteiger partial charge in [0.25, 0.3) is 0 Å². The number of aromatic nitrogens is 2. The van der Waals surface area contributed by atoms with E-state index in [4.69, 9.17) is 0 Å². The number of hydrogen-bond acceptors (Lipinski definition) is 8. The van der Waals surface area contributed by atoms with Crippen molar-refractivity contribution >= 4 is 38.9 Å². The third-order valence-corrected chi connectivity index (χ3v) is 7.66. The SMILES string of the molecule is Cc1cnc(Nc2ccc(N3CCN(C)CC3)c(F)c2)nc1Nc1ccc(S(=O)(=O)NC(C)(C)C)cc1. The van der Waals surface area contributed by atoms with Gasteiger partial charge in [0.05, 0.1) is 10.6 Å². The molecule has 1 aromatic heterocycles. The van der Waals surface area contributed by atoms with Crippen molar-refractivity contribution in [2.45, 2.75) is 38.1 Å². The minimum absolute atomic E-state index is 0.178. The monoisotopic (exact) mass is 527 g/mol. The van der Waals surface area contributed by atoms with Crippen LogP contribution in [0.25, 0.3) is 0 Å². The average Bonchev–Trinajstić information content (AvgIpc) is 2.81. The zero-order valence-corrected chi connectivity index (χ0v) is 22.7. The highest BCUT2D eigenvalue weighted by molar-refractivity contribution is 7.89. The van der Waals surface area contributed by atoms with Crippen molar-refractivity contribution in [2.24, 2.45) is 0 Å². The van der Waals surface area contributed by atoms with E-state index in [1.165, 1.54) is 18.2 Å². The molecule has 1 aliphatic rings. The maximum absolute atomic E-state index is 14.9. The zero-order valence-electron chi connectivity index (χ0n) is 21.8. The summed E-state index contributed by atoms with van der Waals surface area (Å²) >= 11 is 0. The van der Waals surface area contributed by atoms with Crippen molar-refractivity contribution in [1.29, 1.82) is 0 Å². The third-order valence-electron chi connectivity index (χ3n) is 5.89. The molecule has 3 aromatic rings. The summed E-state index contributed by atoms with van der Waals surface area (Å²) in [6.45, 7) is 10.6. The average molecular weight is 528 g/mol. The van der Waals surface area contributed by atoms with Gasteiger partial charge >= 0.3 is 0 Å². The molecule has 2 heterocycles. The predicted octanol–water partition coefficient (Wildman–Crippen LogP) is 4.24. The Bertz CT molecular complexity index is 1350. The smallest absolute Gasteiger partial charge is 0.241 e. The maximum Gasteiger partial charge on any atom is 0.241 e. The number of aryl methyl sites for hydroxylation is 1. The molecule has 0 unspecified atom stereocenters. The maximum atomic E-state index is 14.9. The zero-order chi connectivity index (χ0) is 26.8. The van der Waals surface area contributed by atoms with Gasteiger partial charge in [-0.25, -0.2) is 22.5 Å². The summed E-state index contributed by atoms with van der Waals surface area (Å²) in [5, 5.41) is 6.27. The first-order valence-corrected chi connectivity index (χ1v) is 13.6. The molecule has 0 amide bonds. The summed E-state index contributed by atoms with van der Waals surface area (Å²) in [7, 11) is -1.56. The Morgan fingerprint density at radius 1 is 0.946 bits per heavy atom. The molecular formula is C26H34FN7O2S. The summed E-state index contributed by atoms with van der Waals surface area (Å²) in [5.41, 5.74) is 2.03. The quantitative estimate of drug-likeness (QED) is 0.419. The molecule has 37 heavy (non-hydrogen) atoms. The molecule has 1 aliphatic heterocycles. The van der Waals surface area contributed by atoms with Crippen LogP contribution >= 0.6 is 0 Å². The van der Waals surface area contributed by atoms with E-state index in [9.17, 15) is 12.8 Å². The van der Waals surface area contributed by atoms with E-state index in [-0.39, 0.29) is 10.7 Å². The molecule has 3 N–H and O–H groups in total. The first-order valence-electron chi connectivity index (χ1n) is 12.1. The van der Waals surface area contributed by atoms with E-state index in [2.05, 4.69) is 42.2 Å². The fraction of sp³-hybridized carbons (Fsp3) is 0.385. The van der Waals surface area contributed by atoms with E-state index >= 15 is 0 Å². The molecule has 11 heteroatoms. The van der Waals surface area contributed by atoms with E-state index in [1.807, 2.05) is 13.0 Å². The number of rotatable bonds is 7. The van der Waals surface area contributed by atoms with Crippen molar-refractivity contribution in [2.75, 3.05) is 48.8 Å². The molecule has 1 fully saturated rings. The van der Waals surface area contributed by atoms with Crippen molar-refractivity contribution in [3.05, 3.63) is 60.0 Å². The van der Waals surface area contributed by atoms with Gasteiger partial charge in [-0.15, -0.1) is 0 Å². The van der Waals surface area contributed by atoms with Crippen molar-refractivity contribution in [3.8, 4) is 0 Å². The van der Waals surface area contributed by atoms with Crippen LogP contribution in [0.3, 0.4) is 0 Å². The van der Waals surface area contributed by atoms with Crippen LogP contribution in [0.4, 0.5) is 33.2 Å². The van der Waals surface area contributed by atoms with Gasteiger partial charge in [0, 0.05) is 54.9 Å². The lowest BCUT2D eigenvalue weighted by Crippen LogP contribution is -2.44. The van der Waals surface area contributed by atoms with Crippen LogP contribution in [0.2, 0.25) is 0 Å². The predicted molar refractivity (Wildman–Crippen MR) is 146 cm³/mol. The molecule has 198 valence electrons. The van der Waals surface area contributed by atoms with E-state index in [0.29, 0.717) is 28.8 Å². The van der Waals surface area contributed by atoms with Crippen molar-refractivity contribution in [1.82, 2.24) is 19.6 Å². The van der Waals surface area contributed by atoms with Gasteiger partial charge in [0.2, 0.25) is 16.0 Å². The molecule has 0 radical (unpaired) electrons. The lowest BCUT2D eigenvalue weighted by atomic mass is 10.1. The summed E-state index contributed by atoms with van der Waals surface area (Å²) < 4.78 is 42.6. The number of nitrogens with one attached hydrogen (secondary N) is 3. The number of benzene rings is 2. The van der Waals surface area contributed by atoms with E-state index < -0.39 is 15.6 Å². The Balaban J connectivity index is 1.46. The molecule has 0 spiro atoms. The number of anilines is 5. The van der Waals surface area contributed by atoms with E-state index in [1.54, 1.807) is 45.2 Å². The standard InChI is InChI=1S/C26H34FN7O2S/c1-18-17-28-25(30-20-8-11-23(22(27)16-20)34-14-12-33(5)13-15-34)31-24(18)29-19-6-9-21(10-7-19)37(35,36)32-26(2,3)4/h6-11,16-17,32H,12-15H2,1-5H3,(H2,28,29,30,31). The highest BCUT2D eigenvalue weighted by atomic mass is 32.2. The summed E-state index contributed by atoms with van der Waals surface area (Å²) in [4.78, 5) is 13.3. The number of piperazine rings is 1. The second-order valence-corrected chi connectivity index (χ2v) is 12.0. The van der Waals surface area contributed by atoms with Crippen LogP contribution < -0.4 is 20.3 Å². The second-order valence-electron chi connectivity index (χ2n) is 10.3. The molecule has 9 nitrogen and oxygen atoms in total. The van der Waals surface area contributed by atoms with Crippen LogP contribution in [-0.4, -0.2) is 62.1 Å². The van der Waals surface area contributed by atoms with Gasteiger partial charge in [-0.2, -0.15) is 4.98 Å². The summed E-state index contributed by atoms with van der Waals surface area (Å²) in [6.07, 6.45) is 1.67. The molecule has 0 aliphatic carbocycles. The molecule has 4 rings (SSSR count). The third kappa shape index (κ3) is 6.94. The van der Waals surface area contributed by atoms with Gasteiger partial charge < -0.3 is 20.4 Å². The van der Waals surface area contributed by atoms with Crippen molar-refractivity contribution in [3.63, 3.8) is 0 Å². The normalized spacial score (nSPS) is 15.0. The lowest BCUT2D eigenvalue weighted by molar-refractivity contribution is 0.311. The van der Waals surface area contributed by atoms with Crippen LogP contribution in [0.5, 0.6) is 0 Å². The summed E-state index contributed by atoms with van der Waals surface area (Å²) in [6, 6.07) is 11.5. The fourth-order valence-corrected chi connectivity index (χ4v) is 5.38. The second kappa shape index (κ2) is 10.6. The molecule has 0 bridgehead atoms. The first kappa shape index (κ1) is 26.8. The largest absolute Gasteiger partial charge is 0.367 e.